The maximum absolute atomic E-state index is 5.26. The summed E-state index contributed by atoms with van der Waals surface area (Å²) >= 11 is 1.86. The first-order valence-electron chi connectivity index (χ1n) is 8.26. The molecule has 0 spiro atoms. The first kappa shape index (κ1) is 15.3. The highest BCUT2D eigenvalue weighted by atomic mass is 32.1. The fourth-order valence-electron chi connectivity index (χ4n) is 2.93. The van der Waals surface area contributed by atoms with E-state index in [-0.39, 0.29) is 0 Å². The molecule has 0 aliphatic heterocycles. The van der Waals surface area contributed by atoms with E-state index in [0.717, 1.165) is 30.8 Å². The van der Waals surface area contributed by atoms with E-state index in [1.165, 1.54) is 34.8 Å². The van der Waals surface area contributed by atoms with Crippen molar-refractivity contribution in [3.63, 3.8) is 0 Å². The Morgan fingerprint density at radius 2 is 2.17 bits per heavy atom. The first-order valence-corrected chi connectivity index (χ1v) is 9.08. The van der Waals surface area contributed by atoms with Gasteiger partial charge in [0.05, 0.1) is 16.3 Å². The number of hydrogen-bond donors (Lipinski definition) is 1. The zero-order valence-electron chi connectivity index (χ0n) is 13.6. The van der Waals surface area contributed by atoms with Gasteiger partial charge in [-0.25, -0.2) is 9.97 Å². The van der Waals surface area contributed by atoms with Crippen LogP contribution in [0.1, 0.15) is 34.2 Å². The van der Waals surface area contributed by atoms with E-state index >= 15 is 0 Å². The number of pyridine rings is 1. The summed E-state index contributed by atoms with van der Waals surface area (Å²) in [6, 6.07) is 3.80. The van der Waals surface area contributed by atoms with E-state index in [0.29, 0.717) is 11.7 Å². The predicted molar refractivity (Wildman–Crippen MR) is 93.2 cm³/mol. The van der Waals surface area contributed by atoms with Gasteiger partial charge in [0.25, 0.3) is 5.89 Å². The Morgan fingerprint density at radius 1 is 1.25 bits per heavy atom. The Morgan fingerprint density at radius 3 is 3.00 bits per heavy atom. The third-order valence-electron chi connectivity index (χ3n) is 4.09. The molecule has 0 atom stereocenters. The third-order valence-corrected chi connectivity index (χ3v) is 5.30. The molecule has 3 aromatic heterocycles. The highest BCUT2D eigenvalue weighted by Gasteiger charge is 2.15. The van der Waals surface area contributed by atoms with Crippen molar-refractivity contribution in [3.8, 4) is 11.5 Å². The summed E-state index contributed by atoms with van der Waals surface area (Å²) in [5.41, 5.74) is 2.15. The summed E-state index contributed by atoms with van der Waals surface area (Å²) in [7, 11) is 0. The summed E-state index contributed by atoms with van der Waals surface area (Å²) < 4.78 is 5.26. The summed E-state index contributed by atoms with van der Waals surface area (Å²) in [4.78, 5) is 15.0. The summed E-state index contributed by atoms with van der Waals surface area (Å²) in [6.07, 6.45) is 7.57. The minimum absolute atomic E-state index is 0.493. The van der Waals surface area contributed by atoms with Crippen LogP contribution in [0.5, 0.6) is 0 Å². The second kappa shape index (κ2) is 6.68. The van der Waals surface area contributed by atoms with Gasteiger partial charge in [-0.3, -0.25) is 0 Å². The molecule has 0 saturated carbocycles. The molecule has 124 valence electrons. The van der Waals surface area contributed by atoms with Crippen molar-refractivity contribution < 1.29 is 4.52 Å². The number of hydrogen-bond acceptors (Lipinski definition) is 7. The molecular weight excluding hydrogens is 322 g/mol. The maximum atomic E-state index is 5.26. The van der Waals surface area contributed by atoms with E-state index in [4.69, 9.17) is 9.51 Å². The lowest BCUT2D eigenvalue weighted by Crippen LogP contribution is -2.07. The molecule has 0 unspecified atom stereocenters. The SMILES string of the molecule is Cc1noc(-c2cccnc2NCCc2nc3c(s2)CCCC3)n1. The van der Waals surface area contributed by atoms with Gasteiger partial charge in [-0.05, 0) is 44.7 Å². The number of aryl methyl sites for hydroxylation is 3. The van der Waals surface area contributed by atoms with Crippen molar-refractivity contribution in [2.75, 3.05) is 11.9 Å². The molecule has 0 fully saturated rings. The molecule has 7 heteroatoms. The Kier molecular flexibility index (Phi) is 4.25. The van der Waals surface area contributed by atoms with Gasteiger partial charge in [0, 0.05) is 24.0 Å². The van der Waals surface area contributed by atoms with Crippen LogP contribution in [0.25, 0.3) is 11.5 Å². The number of nitrogens with one attached hydrogen (secondary N) is 1. The van der Waals surface area contributed by atoms with Crippen LogP contribution >= 0.6 is 11.3 Å². The lowest BCUT2D eigenvalue weighted by molar-refractivity contribution is 0.425. The van der Waals surface area contributed by atoms with E-state index in [1.54, 1.807) is 13.1 Å². The van der Waals surface area contributed by atoms with Gasteiger partial charge in [0.2, 0.25) is 0 Å². The quantitative estimate of drug-likeness (QED) is 0.766. The average molecular weight is 341 g/mol. The van der Waals surface area contributed by atoms with Crippen molar-refractivity contribution in [2.24, 2.45) is 0 Å². The molecule has 0 radical (unpaired) electrons. The van der Waals surface area contributed by atoms with Crippen LogP contribution < -0.4 is 5.32 Å². The Bertz CT molecular complexity index is 818. The monoisotopic (exact) mass is 341 g/mol. The minimum atomic E-state index is 0.493. The van der Waals surface area contributed by atoms with Gasteiger partial charge in [-0.15, -0.1) is 11.3 Å². The number of nitrogens with zero attached hydrogens (tertiary/aromatic N) is 4. The molecule has 0 bridgehead atoms. The Balaban J connectivity index is 1.44. The van der Waals surface area contributed by atoms with Crippen LogP contribution in [-0.2, 0) is 19.3 Å². The van der Waals surface area contributed by atoms with Crippen molar-refractivity contribution in [2.45, 2.75) is 39.0 Å². The van der Waals surface area contributed by atoms with Crippen LogP contribution in [0, 0.1) is 6.92 Å². The minimum Gasteiger partial charge on any atom is -0.369 e. The number of rotatable bonds is 5. The number of anilines is 1. The molecule has 0 saturated heterocycles. The zero-order chi connectivity index (χ0) is 16.4. The van der Waals surface area contributed by atoms with Crippen molar-refractivity contribution in [1.82, 2.24) is 20.1 Å². The molecule has 3 aromatic rings. The lowest BCUT2D eigenvalue weighted by atomic mass is 10.0. The number of thiazole rings is 1. The zero-order valence-corrected chi connectivity index (χ0v) is 14.4. The fourth-order valence-corrected chi connectivity index (χ4v) is 4.08. The molecule has 6 nitrogen and oxygen atoms in total. The van der Waals surface area contributed by atoms with Gasteiger partial charge in [-0.2, -0.15) is 4.98 Å². The highest BCUT2D eigenvalue weighted by Crippen LogP contribution is 2.27. The molecule has 4 rings (SSSR count). The fraction of sp³-hybridized carbons (Fsp3) is 0.412. The molecule has 3 heterocycles. The standard InChI is InChI=1S/C17H19N5OS/c1-11-20-17(23-22-11)12-5-4-9-18-16(12)19-10-8-15-21-13-6-2-3-7-14(13)24-15/h4-5,9H,2-3,6-8,10H2,1H3,(H,18,19). The summed E-state index contributed by atoms with van der Waals surface area (Å²) in [5, 5.41) is 8.44. The van der Waals surface area contributed by atoms with Gasteiger partial charge >= 0.3 is 0 Å². The van der Waals surface area contributed by atoms with Crippen molar-refractivity contribution in [3.05, 3.63) is 39.7 Å². The van der Waals surface area contributed by atoms with Crippen LogP contribution in [0.15, 0.2) is 22.9 Å². The predicted octanol–water partition coefficient (Wildman–Crippen LogP) is 3.43. The largest absolute Gasteiger partial charge is 0.369 e. The van der Waals surface area contributed by atoms with Crippen molar-refractivity contribution in [1.29, 1.82) is 0 Å². The second-order valence-corrected chi connectivity index (χ2v) is 7.08. The van der Waals surface area contributed by atoms with Crippen molar-refractivity contribution >= 4 is 17.2 Å². The highest BCUT2D eigenvalue weighted by molar-refractivity contribution is 7.11. The number of fused-ring (bicyclic) bond motifs is 1. The maximum Gasteiger partial charge on any atom is 0.261 e. The molecule has 24 heavy (non-hydrogen) atoms. The van der Waals surface area contributed by atoms with E-state index in [2.05, 4.69) is 20.4 Å². The molecule has 1 N–H and O–H groups in total. The van der Waals surface area contributed by atoms with Gasteiger partial charge in [-0.1, -0.05) is 5.16 Å². The molecule has 1 aliphatic rings. The topological polar surface area (TPSA) is 76.7 Å². The van der Waals surface area contributed by atoms with Gasteiger partial charge in [0.15, 0.2) is 5.82 Å². The van der Waals surface area contributed by atoms with E-state index in [1.807, 2.05) is 23.5 Å². The first-order chi connectivity index (χ1) is 11.8. The lowest BCUT2D eigenvalue weighted by Gasteiger charge is -2.07. The van der Waals surface area contributed by atoms with Crippen LogP contribution in [0.2, 0.25) is 0 Å². The van der Waals surface area contributed by atoms with E-state index < -0.39 is 0 Å². The Hall–Kier alpha value is -2.28. The normalized spacial score (nSPS) is 13.7. The molecule has 0 amide bonds. The third kappa shape index (κ3) is 3.17. The van der Waals surface area contributed by atoms with Crippen LogP contribution in [-0.4, -0.2) is 26.7 Å². The average Bonchev–Trinajstić information content (AvgIpc) is 3.21. The summed E-state index contributed by atoms with van der Waals surface area (Å²) in [5.74, 6) is 1.88. The van der Waals surface area contributed by atoms with Gasteiger partial charge in [0.1, 0.15) is 5.82 Å². The van der Waals surface area contributed by atoms with Gasteiger partial charge < -0.3 is 9.84 Å². The smallest absolute Gasteiger partial charge is 0.261 e. The summed E-state index contributed by atoms with van der Waals surface area (Å²) in [6.45, 7) is 2.59. The second-order valence-electron chi connectivity index (χ2n) is 5.91. The Labute approximate surface area is 144 Å². The van der Waals surface area contributed by atoms with Crippen LogP contribution in [0.4, 0.5) is 5.82 Å². The van der Waals surface area contributed by atoms with E-state index in [9.17, 15) is 0 Å². The van der Waals surface area contributed by atoms with Crippen LogP contribution in [0.3, 0.4) is 0 Å². The molecule has 1 aliphatic carbocycles. The number of aromatic nitrogens is 4. The molecular formula is C17H19N5OS. The molecule has 0 aromatic carbocycles.